The van der Waals surface area contributed by atoms with Gasteiger partial charge in [-0.05, 0) is 31.5 Å². The molecule has 116 valence electrons. The van der Waals surface area contributed by atoms with Crippen LogP contribution in [0.25, 0.3) is 0 Å². The Morgan fingerprint density at radius 3 is 2.45 bits per heavy atom. The highest BCUT2D eigenvalue weighted by Gasteiger charge is 2.26. The fourth-order valence-corrected chi connectivity index (χ4v) is 2.08. The van der Waals surface area contributed by atoms with Gasteiger partial charge in [0.05, 0.1) is 5.92 Å². The normalized spacial score (nSPS) is 11.5. The molecule has 0 aliphatic heterocycles. The predicted molar refractivity (Wildman–Crippen MR) is 79.6 cm³/mol. The lowest BCUT2D eigenvalue weighted by atomic mass is 9.87. The summed E-state index contributed by atoms with van der Waals surface area (Å²) in [4.78, 5) is 45.9. The number of aromatic hydroxyl groups is 1. The molecule has 0 radical (unpaired) electrons. The van der Waals surface area contributed by atoms with E-state index < -0.39 is 23.4 Å². The molecule has 1 atom stereocenters. The lowest BCUT2D eigenvalue weighted by molar-refractivity contribution is -0.120. The topological polar surface area (TPSA) is 115 Å². The summed E-state index contributed by atoms with van der Waals surface area (Å²) in [5.74, 6) is -2.91. The maximum Gasteiger partial charge on any atom is 0.225 e. The Morgan fingerprint density at radius 1 is 1.32 bits per heavy atom. The summed E-state index contributed by atoms with van der Waals surface area (Å²) in [7, 11) is 0. The molecule has 0 aromatic heterocycles. The molecule has 0 heterocycles. The van der Waals surface area contributed by atoms with Crippen LogP contribution in [0.2, 0.25) is 0 Å². The molecule has 0 bridgehead atoms. The quantitative estimate of drug-likeness (QED) is 0.428. The summed E-state index contributed by atoms with van der Waals surface area (Å²) in [5.41, 5.74) is 5.23. The third-order valence-corrected chi connectivity index (χ3v) is 3.26. The smallest absolute Gasteiger partial charge is 0.225 e. The van der Waals surface area contributed by atoms with Gasteiger partial charge >= 0.3 is 0 Å². The lowest BCUT2D eigenvalue weighted by Crippen LogP contribution is -2.28. The maximum absolute atomic E-state index is 12.5. The molecule has 6 heteroatoms. The first-order valence-corrected chi connectivity index (χ1v) is 6.60. The van der Waals surface area contributed by atoms with E-state index in [0.717, 1.165) is 0 Å². The SMILES string of the molecule is C=C(C(=O)c1ccc(O)cc1C(C)=O)C(CCC=O)C(N)=O. The number of Topliss-reactive ketones (excluding diaryl/α,β-unsaturated/α-hetero) is 2. The van der Waals surface area contributed by atoms with Gasteiger partial charge in [0.2, 0.25) is 5.91 Å². The monoisotopic (exact) mass is 303 g/mol. The van der Waals surface area contributed by atoms with Crippen LogP contribution in [0.5, 0.6) is 5.75 Å². The Morgan fingerprint density at radius 2 is 1.95 bits per heavy atom. The highest BCUT2D eigenvalue weighted by atomic mass is 16.3. The molecule has 6 nitrogen and oxygen atoms in total. The zero-order chi connectivity index (χ0) is 16.9. The van der Waals surface area contributed by atoms with E-state index >= 15 is 0 Å². The summed E-state index contributed by atoms with van der Waals surface area (Å²) < 4.78 is 0. The number of phenols is 1. The van der Waals surface area contributed by atoms with Crippen LogP contribution in [-0.2, 0) is 9.59 Å². The number of ketones is 2. The minimum atomic E-state index is -0.980. The van der Waals surface area contributed by atoms with Gasteiger partial charge in [-0.1, -0.05) is 6.58 Å². The molecule has 0 aliphatic carbocycles. The van der Waals surface area contributed by atoms with E-state index in [1.165, 1.54) is 25.1 Å². The van der Waals surface area contributed by atoms with Crippen LogP contribution in [0.1, 0.15) is 40.5 Å². The van der Waals surface area contributed by atoms with Crippen molar-refractivity contribution in [2.75, 3.05) is 0 Å². The van der Waals surface area contributed by atoms with Gasteiger partial charge in [0, 0.05) is 23.1 Å². The minimum Gasteiger partial charge on any atom is -0.508 e. The van der Waals surface area contributed by atoms with Gasteiger partial charge in [-0.25, -0.2) is 0 Å². The Hall–Kier alpha value is -2.76. The van der Waals surface area contributed by atoms with Crippen molar-refractivity contribution in [2.45, 2.75) is 19.8 Å². The van der Waals surface area contributed by atoms with E-state index in [9.17, 15) is 24.3 Å². The van der Waals surface area contributed by atoms with Gasteiger partial charge in [0.15, 0.2) is 11.6 Å². The van der Waals surface area contributed by atoms with Crippen molar-refractivity contribution < 1.29 is 24.3 Å². The average Bonchev–Trinajstić information content (AvgIpc) is 2.46. The minimum absolute atomic E-state index is 0.0322. The largest absolute Gasteiger partial charge is 0.508 e. The second-order valence-electron chi connectivity index (χ2n) is 4.84. The third kappa shape index (κ3) is 3.88. The molecule has 0 fully saturated rings. The van der Waals surface area contributed by atoms with Crippen LogP contribution < -0.4 is 5.73 Å². The number of benzene rings is 1. The average molecular weight is 303 g/mol. The standard InChI is InChI=1S/C16H17NO5/c1-9(12(16(17)22)4-3-7-18)15(21)13-6-5-11(20)8-14(13)10(2)19/h5-8,12,20H,1,3-4H2,2H3,(H2,17,22). The first kappa shape index (κ1) is 17.3. The van der Waals surface area contributed by atoms with Crippen molar-refractivity contribution >= 4 is 23.8 Å². The van der Waals surface area contributed by atoms with Crippen molar-refractivity contribution in [3.63, 3.8) is 0 Å². The molecule has 1 amide bonds. The van der Waals surface area contributed by atoms with Crippen LogP contribution >= 0.6 is 0 Å². The summed E-state index contributed by atoms with van der Waals surface area (Å²) in [6.07, 6.45) is 0.765. The van der Waals surface area contributed by atoms with E-state index in [2.05, 4.69) is 6.58 Å². The number of aldehydes is 1. The van der Waals surface area contributed by atoms with Crippen LogP contribution in [-0.4, -0.2) is 28.9 Å². The molecule has 1 aromatic rings. The predicted octanol–water partition coefficient (Wildman–Crippen LogP) is 1.41. The number of amides is 1. The molecule has 3 N–H and O–H groups in total. The third-order valence-electron chi connectivity index (χ3n) is 3.26. The second kappa shape index (κ2) is 7.31. The molecule has 22 heavy (non-hydrogen) atoms. The molecular formula is C16H17NO5. The van der Waals surface area contributed by atoms with Crippen molar-refractivity contribution in [2.24, 2.45) is 11.7 Å². The van der Waals surface area contributed by atoms with Gasteiger partial charge < -0.3 is 15.6 Å². The fourth-order valence-electron chi connectivity index (χ4n) is 2.08. The molecule has 1 aromatic carbocycles. The number of primary amides is 1. The Balaban J connectivity index is 3.19. The summed E-state index contributed by atoms with van der Waals surface area (Å²) in [5, 5.41) is 9.42. The number of nitrogens with two attached hydrogens (primary N) is 1. The van der Waals surface area contributed by atoms with E-state index in [1.807, 2.05) is 0 Å². The number of carbonyl (C=O) groups excluding carboxylic acids is 4. The van der Waals surface area contributed by atoms with Gasteiger partial charge in [-0.3, -0.25) is 14.4 Å². The van der Waals surface area contributed by atoms with Crippen molar-refractivity contribution in [1.82, 2.24) is 0 Å². The highest BCUT2D eigenvalue weighted by Crippen LogP contribution is 2.24. The molecule has 0 saturated carbocycles. The van der Waals surface area contributed by atoms with E-state index in [4.69, 9.17) is 5.73 Å². The Kier molecular flexibility index (Phi) is 5.74. The molecular weight excluding hydrogens is 286 g/mol. The van der Waals surface area contributed by atoms with Gasteiger partial charge in [0.1, 0.15) is 12.0 Å². The van der Waals surface area contributed by atoms with Crippen LogP contribution in [0.3, 0.4) is 0 Å². The van der Waals surface area contributed by atoms with Crippen molar-refractivity contribution in [3.05, 3.63) is 41.5 Å². The van der Waals surface area contributed by atoms with E-state index in [1.54, 1.807) is 0 Å². The fraction of sp³-hybridized carbons (Fsp3) is 0.250. The number of hydrogen-bond acceptors (Lipinski definition) is 5. The first-order valence-electron chi connectivity index (χ1n) is 6.60. The van der Waals surface area contributed by atoms with Gasteiger partial charge in [-0.15, -0.1) is 0 Å². The Bertz CT molecular complexity index is 648. The molecule has 1 rings (SSSR count). The summed E-state index contributed by atoms with van der Waals surface area (Å²) >= 11 is 0. The Labute approximate surface area is 127 Å². The van der Waals surface area contributed by atoms with Crippen LogP contribution in [0, 0.1) is 5.92 Å². The molecule has 1 unspecified atom stereocenters. The van der Waals surface area contributed by atoms with E-state index in [0.29, 0.717) is 6.29 Å². The maximum atomic E-state index is 12.5. The van der Waals surface area contributed by atoms with E-state index in [-0.39, 0.29) is 35.3 Å². The number of phenolic OH excluding ortho intramolecular Hbond substituents is 1. The van der Waals surface area contributed by atoms with Crippen LogP contribution in [0.15, 0.2) is 30.4 Å². The van der Waals surface area contributed by atoms with Gasteiger partial charge in [0.25, 0.3) is 0 Å². The zero-order valence-corrected chi connectivity index (χ0v) is 12.2. The number of rotatable bonds is 8. The highest BCUT2D eigenvalue weighted by molar-refractivity contribution is 6.16. The molecule has 0 aliphatic rings. The van der Waals surface area contributed by atoms with Crippen LogP contribution in [0.4, 0.5) is 0 Å². The first-order chi connectivity index (χ1) is 10.3. The van der Waals surface area contributed by atoms with Crippen molar-refractivity contribution in [3.8, 4) is 5.75 Å². The summed E-state index contributed by atoms with van der Waals surface area (Å²) in [6.45, 7) is 4.84. The zero-order valence-electron chi connectivity index (χ0n) is 12.2. The number of hydrogen-bond donors (Lipinski definition) is 2. The number of carbonyl (C=O) groups is 4. The van der Waals surface area contributed by atoms with Gasteiger partial charge in [-0.2, -0.15) is 0 Å². The second-order valence-corrected chi connectivity index (χ2v) is 4.84. The summed E-state index contributed by atoms with van der Waals surface area (Å²) in [6, 6.07) is 3.72. The lowest BCUT2D eigenvalue weighted by Gasteiger charge is -2.15. The molecule has 0 spiro atoms. The molecule has 0 saturated heterocycles. The van der Waals surface area contributed by atoms with Crippen molar-refractivity contribution in [1.29, 1.82) is 0 Å².